The van der Waals surface area contributed by atoms with Crippen LogP contribution >= 0.6 is 0 Å². The lowest BCUT2D eigenvalue weighted by molar-refractivity contribution is 0.672. The number of benzene rings is 2. The molecular formula is C18H22N2. The fraction of sp³-hybridized carbons (Fsp3) is 0.333. The van der Waals surface area contributed by atoms with E-state index in [1.807, 2.05) is 6.07 Å². The highest BCUT2D eigenvalue weighted by Gasteiger charge is 2.29. The van der Waals surface area contributed by atoms with E-state index in [4.69, 9.17) is 5.73 Å². The summed E-state index contributed by atoms with van der Waals surface area (Å²) in [6.45, 7) is 0.634. The molecule has 0 amide bonds. The zero-order valence-electron chi connectivity index (χ0n) is 12.0. The van der Waals surface area contributed by atoms with Gasteiger partial charge in [-0.25, -0.2) is 0 Å². The van der Waals surface area contributed by atoms with Crippen molar-refractivity contribution in [2.24, 2.45) is 5.73 Å². The zero-order chi connectivity index (χ0) is 13.9. The van der Waals surface area contributed by atoms with Crippen LogP contribution in [0.2, 0.25) is 0 Å². The Balaban J connectivity index is 1.94. The molecule has 1 fully saturated rings. The molecule has 2 nitrogen and oxygen atoms in total. The van der Waals surface area contributed by atoms with E-state index in [9.17, 15) is 0 Å². The van der Waals surface area contributed by atoms with E-state index in [1.54, 1.807) is 0 Å². The first-order valence-corrected chi connectivity index (χ1v) is 7.38. The Kier molecular flexibility index (Phi) is 3.75. The molecular weight excluding hydrogens is 244 g/mol. The van der Waals surface area contributed by atoms with E-state index in [2.05, 4.69) is 60.5 Å². The summed E-state index contributed by atoms with van der Waals surface area (Å²) in [5.41, 5.74) is 10.2. The molecule has 1 saturated carbocycles. The van der Waals surface area contributed by atoms with E-state index in [1.165, 1.54) is 29.7 Å². The lowest BCUT2D eigenvalue weighted by atomic mass is 9.96. The lowest BCUT2D eigenvalue weighted by Gasteiger charge is -2.31. The fourth-order valence-corrected chi connectivity index (χ4v) is 2.92. The highest BCUT2D eigenvalue weighted by Crippen LogP contribution is 2.43. The van der Waals surface area contributed by atoms with E-state index in [-0.39, 0.29) is 6.04 Å². The van der Waals surface area contributed by atoms with Gasteiger partial charge in [0, 0.05) is 19.3 Å². The van der Waals surface area contributed by atoms with Gasteiger partial charge >= 0.3 is 0 Å². The van der Waals surface area contributed by atoms with E-state index < -0.39 is 0 Å². The van der Waals surface area contributed by atoms with Gasteiger partial charge < -0.3 is 10.6 Å². The Labute approximate surface area is 121 Å². The quantitative estimate of drug-likeness (QED) is 0.894. The topological polar surface area (TPSA) is 29.3 Å². The van der Waals surface area contributed by atoms with Crippen molar-refractivity contribution in [1.82, 2.24) is 0 Å². The van der Waals surface area contributed by atoms with Crippen LogP contribution in [0, 0.1) is 0 Å². The van der Waals surface area contributed by atoms with Crippen LogP contribution < -0.4 is 10.6 Å². The van der Waals surface area contributed by atoms with Gasteiger partial charge in [0.25, 0.3) is 0 Å². The first kappa shape index (κ1) is 13.2. The molecule has 20 heavy (non-hydrogen) atoms. The van der Waals surface area contributed by atoms with Crippen LogP contribution in [0.15, 0.2) is 54.6 Å². The van der Waals surface area contributed by atoms with Gasteiger partial charge in [-0.3, -0.25) is 0 Å². The number of likely N-dealkylation sites (N-methyl/N-ethyl adjacent to an activating group) is 1. The maximum Gasteiger partial charge on any atom is 0.0664 e. The van der Waals surface area contributed by atoms with E-state index >= 15 is 0 Å². The van der Waals surface area contributed by atoms with Gasteiger partial charge in [-0.2, -0.15) is 0 Å². The van der Waals surface area contributed by atoms with Gasteiger partial charge in [-0.1, -0.05) is 42.5 Å². The molecule has 0 bridgehead atoms. The minimum absolute atomic E-state index is 0.245. The summed E-state index contributed by atoms with van der Waals surface area (Å²) in [6.07, 6.45) is 2.65. The normalized spacial score (nSPS) is 15.9. The second-order valence-electron chi connectivity index (χ2n) is 5.60. The standard InChI is InChI=1S/C18H22N2/c1-20(15-7-3-2-4-8-15)18(13-19)17-10-6-5-9-16(17)14-11-12-14/h2-10,14,18H,11-13,19H2,1H3. The maximum absolute atomic E-state index is 6.09. The van der Waals surface area contributed by atoms with Crippen LogP contribution in [-0.4, -0.2) is 13.6 Å². The fourth-order valence-electron chi connectivity index (χ4n) is 2.92. The molecule has 3 rings (SSSR count). The van der Waals surface area contributed by atoms with Gasteiger partial charge in [0.05, 0.1) is 6.04 Å². The monoisotopic (exact) mass is 266 g/mol. The molecule has 0 radical (unpaired) electrons. The zero-order valence-corrected chi connectivity index (χ0v) is 12.0. The van der Waals surface area contributed by atoms with Crippen molar-refractivity contribution in [1.29, 1.82) is 0 Å². The van der Waals surface area contributed by atoms with E-state index in [0.29, 0.717) is 6.54 Å². The van der Waals surface area contributed by atoms with Crippen molar-refractivity contribution in [2.45, 2.75) is 24.8 Å². The molecule has 2 N–H and O–H groups in total. The van der Waals surface area contributed by atoms with Crippen molar-refractivity contribution in [3.05, 3.63) is 65.7 Å². The Morgan fingerprint density at radius 1 is 1.05 bits per heavy atom. The molecule has 1 aliphatic carbocycles. The Morgan fingerprint density at radius 2 is 1.70 bits per heavy atom. The number of hydrogen-bond donors (Lipinski definition) is 1. The average molecular weight is 266 g/mol. The largest absolute Gasteiger partial charge is 0.366 e. The molecule has 1 atom stereocenters. The molecule has 0 heterocycles. The van der Waals surface area contributed by atoms with Crippen LogP contribution in [0.5, 0.6) is 0 Å². The van der Waals surface area contributed by atoms with Crippen LogP contribution in [-0.2, 0) is 0 Å². The third-order valence-corrected chi connectivity index (χ3v) is 4.23. The molecule has 0 spiro atoms. The Bertz CT molecular complexity index is 561. The summed E-state index contributed by atoms with van der Waals surface area (Å²) < 4.78 is 0. The minimum Gasteiger partial charge on any atom is -0.366 e. The second-order valence-corrected chi connectivity index (χ2v) is 5.60. The molecule has 2 aromatic carbocycles. The van der Waals surface area contributed by atoms with Gasteiger partial charge in [0.1, 0.15) is 0 Å². The summed E-state index contributed by atoms with van der Waals surface area (Å²) in [5.74, 6) is 0.754. The SMILES string of the molecule is CN(c1ccccc1)C(CN)c1ccccc1C1CC1. The van der Waals surface area contributed by atoms with Crippen LogP contribution in [0.3, 0.4) is 0 Å². The summed E-state index contributed by atoms with van der Waals surface area (Å²) in [7, 11) is 2.14. The highest BCUT2D eigenvalue weighted by molar-refractivity contribution is 5.49. The van der Waals surface area contributed by atoms with Crippen molar-refractivity contribution in [3.63, 3.8) is 0 Å². The number of anilines is 1. The van der Waals surface area contributed by atoms with Crippen LogP contribution in [0.25, 0.3) is 0 Å². The Hall–Kier alpha value is -1.80. The minimum atomic E-state index is 0.245. The van der Waals surface area contributed by atoms with Crippen LogP contribution in [0.4, 0.5) is 5.69 Å². The van der Waals surface area contributed by atoms with Crippen molar-refractivity contribution < 1.29 is 0 Å². The predicted molar refractivity (Wildman–Crippen MR) is 85.1 cm³/mol. The van der Waals surface area contributed by atoms with Gasteiger partial charge in [-0.05, 0) is 42.0 Å². The number of nitrogens with zero attached hydrogens (tertiary/aromatic N) is 1. The third kappa shape index (κ3) is 2.56. The van der Waals surface area contributed by atoms with Crippen molar-refractivity contribution in [3.8, 4) is 0 Å². The molecule has 104 valence electrons. The summed E-state index contributed by atoms with van der Waals surface area (Å²) in [5, 5.41) is 0. The van der Waals surface area contributed by atoms with Gasteiger partial charge in [0.15, 0.2) is 0 Å². The highest BCUT2D eigenvalue weighted by atomic mass is 15.1. The van der Waals surface area contributed by atoms with E-state index in [0.717, 1.165) is 5.92 Å². The summed E-state index contributed by atoms with van der Waals surface area (Å²) >= 11 is 0. The molecule has 2 heteroatoms. The molecule has 0 saturated heterocycles. The average Bonchev–Trinajstić information content (AvgIpc) is 3.34. The third-order valence-electron chi connectivity index (χ3n) is 4.23. The predicted octanol–water partition coefficient (Wildman–Crippen LogP) is 3.70. The maximum atomic E-state index is 6.09. The first-order chi connectivity index (χ1) is 9.81. The van der Waals surface area contributed by atoms with Gasteiger partial charge in [-0.15, -0.1) is 0 Å². The van der Waals surface area contributed by atoms with Crippen molar-refractivity contribution >= 4 is 5.69 Å². The number of rotatable bonds is 5. The Morgan fingerprint density at radius 3 is 2.35 bits per heavy atom. The summed E-state index contributed by atoms with van der Waals surface area (Å²) in [4.78, 5) is 2.29. The molecule has 1 aliphatic rings. The number of hydrogen-bond acceptors (Lipinski definition) is 2. The van der Waals surface area contributed by atoms with Crippen LogP contribution in [0.1, 0.15) is 35.9 Å². The molecule has 1 unspecified atom stereocenters. The van der Waals surface area contributed by atoms with Gasteiger partial charge in [0.2, 0.25) is 0 Å². The second kappa shape index (κ2) is 5.68. The van der Waals surface area contributed by atoms with Crippen molar-refractivity contribution in [2.75, 3.05) is 18.5 Å². The molecule has 0 aliphatic heterocycles. The number of nitrogens with two attached hydrogens (primary N) is 1. The first-order valence-electron chi connectivity index (χ1n) is 7.38. The lowest BCUT2D eigenvalue weighted by Crippen LogP contribution is -2.31. The number of para-hydroxylation sites is 1. The smallest absolute Gasteiger partial charge is 0.0664 e. The molecule has 0 aromatic heterocycles. The summed E-state index contributed by atoms with van der Waals surface area (Å²) in [6, 6.07) is 19.5. The molecule has 2 aromatic rings.